The molecule has 0 bridgehead atoms. The van der Waals surface area contributed by atoms with E-state index in [1.54, 1.807) is 6.20 Å². The zero-order valence-electron chi connectivity index (χ0n) is 9.47. The van der Waals surface area contributed by atoms with Crippen LogP contribution in [0.5, 0.6) is 5.75 Å². The van der Waals surface area contributed by atoms with E-state index in [2.05, 4.69) is 31.6 Å². The summed E-state index contributed by atoms with van der Waals surface area (Å²) in [6.45, 7) is 0.719. The number of hydrogen-bond acceptors (Lipinski definition) is 5. The summed E-state index contributed by atoms with van der Waals surface area (Å²) in [6.07, 6.45) is 2.48. The highest BCUT2D eigenvalue weighted by Gasteiger charge is 2.20. The maximum atomic E-state index is 10.1. The van der Waals surface area contributed by atoms with Gasteiger partial charge in [-0.05, 0) is 34.8 Å². The summed E-state index contributed by atoms with van der Waals surface area (Å²) >= 11 is 4.72. The van der Waals surface area contributed by atoms with Gasteiger partial charge in [0.15, 0.2) is 0 Å². The summed E-state index contributed by atoms with van der Waals surface area (Å²) in [6, 6.07) is 4.08. The second-order valence-electron chi connectivity index (χ2n) is 4.19. The van der Waals surface area contributed by atoms with Crippen LogP contribution in [0, 0.1) is 0 Å². The minimum absolute atomic E-state index is 0.519. The molecule has 0 radical (unpaired) electrons. The molecule has 0 amide bonds. The SMILES string of the molecule is OC(Cc1cc(Br)cc2c1OCC2)c1cnns1. The fourth-order valence-corrected chi connectivity index (χ4v) is 3.17. The van der Waals surface area contributed by atoms with Crippen LogP contribution in [0.4, 0.5) is 0 Å². The molecule has 0 saturated carbocycles. The molecule has 0 spiro atoms. The molecule has 3 rings (SSSR count). The quantitative estimate of drug-likeness (QED) is 0.941. The number of aliphatic hydroxyl groups is 1. The van der Waals surface area contributed by atoms with Crippen LogP contribution >= 0.6 is 27.5 Å². The lowest BCUT2D eigenvalue weighted by Gasteiger charge is -2.12. The van der Waals surface area contributed by atoms with Gasteiger partial charge in [0.1, 0.15) is 5.75 Å². The Bertz CT molecular complexity index is 559. The van der Waals surface area contributed by atoms with Crippen LogP contribution in [0.25, 0.3) is 0 Å². The maximum Gasteiger partial charge on any atom is 0.125 e. The van der Waals surface area contributed by atoms with Gasteiger partial charge >= 0.3 is 0 Å². The van der Waals surface area contributed by atoms with Crippen LogP contribution in [0.3, 0.4) is 0 Å². The molecule has 1 unspecified atom stereocenters. The Labute approximate surface area is 117 Å². The van der Waals surface area contributed by atoms with Gasteiger partial charge in [-0.3, -0.25) is 0 Å². The van der Waals surface area contributed by atoms with Crippen LogP contribution in [0.2, 0.25) is 0 Å². The molecule has 6 heteroatoms. The van der Waals surface area contributed by atoms with Gasteiger partial charge < -0.3 is 9.84 Å². The lowest BCUT2D eigenvalue weighted by molar-refractivity contribution is 0.180. The Balaban J connectivity index is 1.89. The molecule has 1 aromatic carbocycles. The number of hydrogen-bond donors (Lipinski definition) is 1. The summed E-state index contributed by atoms with van der Waals surface area (Å²) < 4.78 is 10.4. The van der Waals surface area contributed by atoms with E-state index in [4.69, 9.17) is 4.74 Å². The molecule has 2 aromatic rings. The number of aromatic nitrogens is 2. The Hall–Kier alpha value is -0.980. The van der Waals surface area contributed by atoms with Crippen LogP contribution in [0.15, 0.2) is 22.8 Å². The maximum absolute atomic E-state index is 10.1. The van der Waals surface area contributed by atoms with Gasteiger partial charge in [0.2, 0.25) is 0 Å². The number of aliphatic hydroxyl groups excluding tert-OH is 1. The number of benzene rings is 1. The van der Waals surface area contributed by atoms with E-state index < -0.39 is 6.10 Å². The highest BCUT2D eigenvalue weighted by Crippen LogP contribution is 2.35. The van der Waals surface area contributed by atoms with Crippen LogP contribution in [0.1, 0.15) is 22.1 Å². The molecule has 1 aromatic heterocycles. The highest BCUT2D eigenvalue weighted by atomic mass is 79.9. The summed E-state index contributed by atoms with van der Waals surface area (Å²) in [7, 11) is 0. The standard InChI is InChI=1S/C12H11BrN2O2S/c13-9-3-7-1-2-17-12(7)8(4-9)5-10(16)11-6-14-15-18-11/h3-4,6,10,16H,1-2,5H2. The second kappa shape index (κ2) is 4.95. The van der Waals surface area contributed by atoms with Crippen molar-refractivity contribution in [1.82, 2.24) is 9.59 Å². The first-order valence-electron chi connectivity index (χ1n) is 5.63. The van der Waals surface area contributed by atoms with Gasteiger partial charge in [0, 0.05) is 17.3 Å². The van der Waals surface area contributed by atoms with Gasteiger partial charge in [-0.1, -0.05) is 20.4 Å². The molecule has 1 atom stereocenters. The third-order valence-corrected chi connectivity index (χ3v) is 4.17. The van der Waals surface area contributed by atoms with E-state index in [9.17, 15) is 5.11 Å². The van der Waals surface area contributed by atoms with E-state index in [1.165, 1.54) is 17.1 Å². The Morgan fingerprint density at radius 3 is 3.17 bits per heavy atom. The molecule has 1 aliphatic rings. The van der Waals surface area contributed by atoms with Crippen molar-refractivity contribution < 1.29 is 9.84 Å². The average Bonchev–Trinajstić information content (AvgIpc) is 2.98. The molecule has 1 aliphatic heterocycles. The molecule has 0 fully saturated rings. The predicted octanol–water partition coefficient (Wildman–Crippen LogP) is 2.51. The zero-order valence-corrected chi connectivity index (χ0v) is 11.9. The minimum Gasteiger partial charge on any atom is -0.493 e. The molecule has 94 valence electrons. The summed E-state index contributed by atoms with van der Waals surface area (Å²) in [4.78, 5) is 0.779. The predicted molar refractivity (Wildman–Crippen MR) is 71.9 cm³/mol. The average molecular weight is 327 g/mol. The number of halogens is 1. The Morgan fingerprint density at radius 1 is 1.50 bits per heavy atom. The summed E-state index contributed by atoms with van der Waals surface area (Å²) in [5.41, 5.74) is 2.23. The third kappa shape index (κ3) is 2.28. The van der Waals surface area contributed by atoms with E-state index in [0.29, 0.717) is 6.42 Å². The first kappa shape index (κ1) is 12.1. The van der Waals surface area contributed by atoms with E-state index in [1.807, 2.05) is 6.07 Å². The van der Waals surface area contributed by atoms with Crippen LogP contribution in [-0.2, 0) is 12.8 Å². The molecule has 0 aliphatic carbocycles. The zero-order chi connectivity index (χ0) is 12.5. The van der Waals surface area contributed by atoms with Crippen molar-refractivity contribution in [3.05, 3.63) is 38.8 Å². The Kier molecular flexibility index (Phi) is 3.32. The highest BCUT2D eigenvalue weighted by molar-refractivity contribution is 9.10. The monoisotopic (exact) mass is 326 g/mol. The van der Waals surface area contributed by atoms with Gasteiger partial charge in [-0.25, -0.2) is 0 Å². The van der Waals surface area contributed by atoms with Gasteiger partial charge in [0.25, 0.3) is 0 Å². The van der Waals surface area contributed by atoms with Gasteiger partial charge in [-0.15, -0.1) is 5.10 Å². The normalized spacial score (nSPS) is 15.2. The number of fused-ring (bicyclic) bond motifs is 1. The number of rotatable bonds is 3. The fraction of sp³-hybridized carbons (Fsp3) is 0.333. The van der Waals surface area contributed by atoms with Crippen molar-refractivity contribution >= 4 is 27.5 Å². The third-order valence-electron chi connectivity index (χ3n) is 2.95. The van der Waals surface area contributed by atoms with Crippen molar-refractivity contribution in [3.63, 3.8) is 0 Å². The molecule has 18 heavy (non-hydrogen) atoms. The van der Waals surface area contributed by atoms with Crippen molar-refractivity contribution in [2.24, 2.45) is 0 Å². The first-order valence-corrected chi connectivity index (χ1v) is 7.20. The lowest BCUT2D eigenvalue weighted by Crippen LogP contribution is -2.01. The molecule has 2 heterocycles. The smallest absolute Gasteiger partial charge is 0.125 e. The lowest BCUT2D eigenvalue weighted by atomic mass is 10.0. The second-order valence-corrected chi connectivity index (χ2v) is 5.92. The van der Waals surface area contributed by atoms with Gasteiger partial charge in [-0.2, -0.15) is 0 Å². The van der Waals surface area contributed by atoms with E-state index in [-0.39, 0.29) is 0 Å². The van der Waals surface area contributed by atoms with Gasteiger partial charge in [0.05, 0.1) is 23.8 Å². The van der Waals surface area contributed by atoms with E-state index in [0.717, 1.165) is 33.7 Å². The number of ether oxygens (including phenoxy) is 1. The summed E-state index contributed by atoms with van der Waals surface area (Å²) in [5, 5.41) is 13.9. The molecular weight excluding hydrogens is 316 g/mol. The van der Waals surface area contributed by atoms with Crippen LogP contribution < -0.4 is 4.74 Å². The first-order chi connectivity index (χ1) is 8.74. The molecule has 0 saturated heterocycles. The topological polar surface area (TPSA) is 55.2 Å². The van der Waals surface area contributed by atoms with E-state index >= 15 is 0 Å². The van der Waals surface area contributed by atoms with Crippen molar-refractivity contribution in [2.45, 2.75) is 18.9 Å². The van der Waals surface area contributed by atoms with Crippen molar-refractivity contribution in [2.75, 3.05) is 6.61 Å². The molecule has 1 N–H and O–H groups in total. The molecule has 4 nitrogen and oxygen atoms in total. The van der Waals surface area contributed by atoms with Crippen molar-refractivity contribution in [3.8, 4) is 5.75 Å². The minimum atomic E-state index is -0.576. The summed E-state index contributed by atoms with van der Waals surface area (Å²) in [5.74, 6) is 0.926. The van der Waals surface area contributed by atoms with Crippen LogP contribution in [-0.4, -0.2) is 21.3 Å². The number of nitrogens with zero attached hydrogens (tertiary/aromatic N) is 2. The van der Waals surface area contributed by atoms with Crippen molar-refractivity contribution in [1.29, 1.82) is 0 Å². The largest absolute Gasteiger partial charge is 0.493 e. The Morgan fingerprint density at radius 2 is 2.39 bits per heavy atom. The fourth-order valence-electron chi connectivity index (χ4n) is 2.13. The molecular formula is C12H11BrN2O2S.